The van der Waals surface area contributed by atoms with Gasteiger partial charge in [-0.15, -0.1) is 0 Å². The lowest BCUT2D eigenvalue weighted by Crippen LogP contribution is -2.47. The lowest BCUT2D eigenvalue weighted by atomic mass is 10.4. The number of nitrogens with one attached hydrogen (secondary N) is 1. The SMILES string of the molecule is COCc1nc(NN)cc(N2CCSCC2S(C)(=O)=O)n1. The summed E-state index contributed by atoms with van der Waals surface area (Å²) in [4.78, 5) is 10.3. The van der Waals surface area contributed by atoms with Gasteiger partial charge in [-0.1, -0.05) is 0 Å². The summed E-state index contributed by atoms with van der Waals surface area (Å²) < 4.78 is 29.0. The Labute approximate surface area is 128 Å². The van der Waals surface area contributed by atoms with E-state index in [4.69, 9.17) is 10.6 Å². The summed E-state index contributed by atoms with van der Waals surface area (Å²) in [5.41, 5.74) is 2.47. The van der Waals surface area contributed by atoms with Crippen LogP contribution in [0.2, 0.25) is 0 Å². The molecule has 10 heteroatoms. The van der Waals surface area contributed by atoms with E-state index in [1.165, 1.54) is 6.26 Å². The quantitative estimate of drug-likeness (QED) is 0.560. The summed E-state index contributed by atoms with van der Waals surface area (Å²) in [5.74, 6) is 8.20. The fourth-order valence-electron chi connectivity index (χ4n) is 2.10. The van der Waals surface area contributed by atoms with E-state index in [0.29, 0.717) is 29.8 Å². The molecule has 1 fully saturated rings. The van der Waals surface area contributed by atoms with E-state index in [-0.39, 0.29) is 6.61 Å². The molecule has 2 rings (SSSR count). The molecular formula is C11H19N5O3S2. The molecule has 118 valence electrons. The van der Waals surface area contributed by atoms with Crippen molar-refractivity contribution < 1.29 is 13.2 Å². The molecule has 1 aromatic rings. The minimum atomic E-state index is -3.21. The number of sulfone groups is 1. The highest BCUT2D eigenvalue weighted by Gasteiger charge is 2.32. The van der Waals surface area contributed by atoms with Crippen LogP contribution < -0.4 is 16.2 Å². The van der Waals surface area contributed by atoms with E-state index in [1.807, 2.05) is 0 Å². The molecule has 3 N–H and O–H groups in total. The van der Waals surface area contributed by atoms with Crippen LogP contribution in [0.5, 0.6) is 0 Å². The third-order valence-electron chi connectivity index (χ3n) is 3.05. The highest BCUT2D eigenvalue weighted by molar-refractivity contribution is 8.01. The van der Waals surface area contributed by atoms with Crippen molar-refractivity contribution in [1.82, 2.24) is 9.97 Å². The van der Waals surface area contributed by atoms with Gasteiger partial charge in [0.2, 0.25) is 0 Å². The number of hydrogen-bond donors (Lipinski definition) is 2. The van der Waals surface area contributed by atoms with Crippen LogP contribution in [0.4, 0.5) is 11.6 Å². The second kappa shape index (κ2) is 6.77. The van der Waals surface area contributed by atoms with Crippen molar-refractivity contribution in [2.75, 3.05) is 41.7 Å². The van der Waals surface area contributed by atoms with Gasteiger partial charge in [0.15, 0.2) is 15.7 Å². The Bertz CT molecular complexity index is 596. The summed E-state index contributed by atoms with van der Waals surface area (Å²) in [6.07, 6.45) is 1.25. The zero-order valence-corrected chi connectivity index (χ0v) is 13.6. The standard InChI is InChI=1S/C11H19N5O3S2/c1-19-6-9-13-8(15-12)5-10(14-9)16-3-4-20-7-11(16)21(2,17)18/h5,11H,3-4,6-7,12H2,1-2H3,(H,13,14,15). The third kappa shape index (κ3) is 3.96. The molecule has 0 aliphatic carbocycles. The van der Waals surface area contributed by atoms with Crippen molar-refractivity contribution in [2.45, 2.75) is 12.0 Å². The normalized spacial score (nSPS) is 19.6. The van der Waals surface area contributed by atoms with Crippen LogP contribution in [0, 0.1) is 0 Å². The molecule has 21 heavy (non-hydrogen) atoms. The molecule has 0 aromatic carbocycles. The van der Waals surface area contributed by atoms with Gasteiger partial charge in [-0.2, -0.15) is 11.8 Å². The first kappa shape index (κ1) is 16.3. The van der Waals surface area contributed by atoms with Crippen LogP contribution in [-0.4, -0.2) is 55.2 Å². The van der Waals surface area contributed by atoms with Crippen molar-refractivity contribution in [3.8, 4) is 0 Å². The largest absolute Gasteiger partial charge is 0.377 e. The molecule has 1 aliphatic rings. The molecule has 1 unspecified atom stereocenters. The van der Waals surface area contributed by atoms with Crippen LogP contribution in [0.15, 0.2) is 6.07 Å². The van der Waals surface area contributed by atoms with E-state index in [1.54, 1.807) is 29.8 Å². The molecule has 1 aliphatic heterocycles. The number of hydrogen-bond acceptors (Lipinski definition) is 9. The first-order valence-electron chi connectivity index (χ1n) is 6.32. The van der Waals surface area contributed by atoms with Crippen LogP contribution >= 0.6 is 11.8 Å². The Balaban J connectivity index is 2.40. The highest BCUT2D eigenvalue weighted by Crippen LogP contribution is 2.26. The molecule has 1 aromatic heterocycles. The number of nitrogens with zero attached hydrogens (tertiary/aromatic N) is 3. The summed E-state index contributed by atoms with van der Waals surface area (Å²) in [7, 11) is -1.66. The number of anilines is 2. The first-order chi connectivity index (χ1) is 9.95. The molecule has 1 saturated heterocycles. The molecule has 0 saturated carbocycles. The van der Waals surface area contributed by atoms with Crippen LogP contribution in [0.25, 0.3) is 0 Å². The number of methoxy groups -OCH3 is 1. The second-order valence-corrected chi connectivity index (χ2v) is 8.01. The average molecular weight is 333 g/mol. The second-order valence-electron chi connectivity index (χ2n) is 4.66. The molecular weight excluding hydrogens is 314 g/mol. The number of rotatable bonds is 5. The number of ether oxygens (including phenoxy) is 1. The highest BCUT2D eigenvalue weighted by atomic mass is 32.2. The Morgan fingerprint density at radius 3 is 2.95 bits per heavy atom. The van der Waals surface area contributed by atoms with Crippen molar-refractivity contribution in [2.24, 2.45) is 5.84 Å². The van der Waals surface area contributed by atoms with E-state index in [2.05, 4.69) is 15.4 Å². The number of nitrogen functional groups attached to an aromatic ring is 1. The lowest BCUT2D eigenvalue weighted by Gasteiger charge is -2.35. The Kier molecular flexibility index (Phi) is 5.25. The first-order valence-corrected chi connectivity index (χ1v) is 9.43. The maximum atomic E-state index is 12.0. The summed E-state index contributed by atoms with van der Waals surface area (Å²) in [6, 6.07) is 1.65. The number of thioether (sulfide) groups is 1. The average Bonchev–Trinajstić information content (AvgIpc) is 2.46. The molecule has 2 heterocycles. The van der Waals surface area contributed by atoms with Crippen LogP contribution in [-0.2, 0) is 21.2 Å². The fourth-order valence-corrected chi connectivity index (χ4v) is 4.92. The van der Waals surface area contributed by atoms with E-state index >= 15 is 0 Å². The van der Waals surface area contributed by atoms with Crippen molar-refractivity contribution in [3.63, 3.8) is 0 Å². The maximum Gasteiger partial charge on any atom is 0.169 e. The van der Waals surface area contributed by atoms with E-state index in [9.17, 15) is 8.42 Å². The predicted molar refractivity (Wildman–Crippen MR) is 83.9 cm³/mol. The Hall–Kier alpha value is -1.10. The van der Waals surface area contributed by atoms with Gasteiger partial charge >= 0.3 is 0 Å². The van der Waals surface area contributed by atoms with Gasteiger partial charge in [0, 0.05) is 37.5 Å². The number of hydrazine groups is 1. The maximum absolute atomic E-state index is 12.0. The van der Waals surface area contributed by atoms with Gasteiger partial charge in [0.25, 0.3) is 0 Å². The lowest BCUT2D eigenvalue weighted by molar-refractivity contribution is 0.178. The molecule has 0 amide bonds. The molecule has 0 bridgehead atoms. The summed E-state index contributed by atoms with van der Waals surface area (Å²) in [5, 5.41) is -0.591. The van der Waals surface area contributed by atoms with Gasteiger partial charge < -0.3 is 15.1 Å². The molecule has 0 spiro atoms. The Morgan fingerprint density at radius 2 is 2.33 bits per heavy atom. The van der Waals surface area contributed by atoms with Gasteiger partial charge in [-0.3, -0.25) is 0 Å². The Morgan fingerprint density at radius 1 is 1.57 bits per heavy atom. The monoisotopic (exact) mass is 333 g/mol. The smallest absolute Gasteiger partial charge is 0.169 e. The van der Waals surface area contributed by atoms with E-state index in [0.717, 1.165) is 5.75 Å². The molecule has 1 atom stereocenters. The zero-order valence-electron chi connectivity index (χ0n) is 11.9. The molecule has 0 radical (unpaired) electrons. The van der Waals surface area contributed by atoms with Crippen molar-refractivity contribution >= 4 is 33.2 Å². The van der Waals surface area contributed by atoms with E-state index < -0.39 is 15.2 Å². The minimum absolute atomic E-state index is 0.231. The van der Waals surface area contributed by atoms with Gasteiger partial charge in [-0.05, 0) is 0 Å². The van der Waals surface area contributed by atoms with Crippen molar-refractivity contribution in [1.29, 1.82) is 0 Å². The third-order valence-corrected chi connectivity index (χ3v) is 5.70. The van der Waals surface area contributed by atoms with Gasteiger partial charge in [0.1, 0.15) is 23.6 Å². The van der Waals surface area contributed by atoms with Crippen LogP contribution in [0.3, 0.4) is 0 Å². The minimum Gasteiger partial charge on any atom is -0.377 e. The van der Waals surface area contributed by atoms with Crippen molar-refractivity contribution in [3.05, 3.63) is 11.9 Å². The number of nitrogens with two attached hydrogens (primary N) is 1. The molecule has 8 nitrogen and oxygen atoms in total. The van der Waals surface area contributed by atoms with Gasteiger partial charge in [0.05, 0.1) is 0 Å². The summed E-state index contributed by atoms with van der Waals surface area (Å²) >= 11 is 1.62. The van der Waals surface area contributed by atoms with Gasteiger partial charge in [-0.25, -0.2) is 24.2 Å². The predicted octanol–water partition coefficient (Wildman–Crippen LogP) is -0.167. The topological polar surface area (TPSA) is 110 Å². The summed E-state index contributed by atoms with van der Waals surface area (Å²) in [6.45, 7) is 0.838. The fraction of sp³-hybridized carbons (Fsp3) is 0.636. The number of aromatic nitrogens is 2. The zero-order chi connectivity index (χ0) is 15.5. The van der Waals surface area contributed by atoms with Crippen LogP contribution in [0.1, 0.15) is 5.82 Å².